The van der Waals surface area contributed by atoms with Crippen LogP contribution in [0.5, 0.6) is 5.75 Å². The Morgan fingerprint density at radius 3 is 2.56 bits per heavy atom. The van der Waals surface area contributed by atoms with Gasteiger partial charge in [-0.05, 0) is 35.9 Å². The molecule has 1 aliphatic heterocycles. The molecule has 1 aliphatic rings. The van der Waals surface area contributed by atoms with Crippen molar-refractivity contribution in [3.63, 3.8) is 0 Å². The zero-order valence-electron chi connectivity index (χ0n) is 14.2. The molecule has 2 aromatic rings. The number of rotatable bonds is 4. The Hall–Kier alpha value is -2.82. The number of anilines is 1. The second-order valence-electron chi connectivity index (χ2n) is 5.87. The largest absolute Gasteiger partial charge is 0.495 e. The molecule has 1 heterocycles. The summed E-state index contributed by atoms with van der Waals surface area (Å²) in [5.41, 5.74) is 1.73. The van der Waals surface area contributed by atoms with Crippen molar-refractivity contribution in [2.24, 2.45) is 0 Å². The van der Waals surface area contributed by atoms with Crippen LogP contribution in [0, 0.1) is 5.82 Å². The highest BCUT2D eigenvalue weighted by atomic mass is 19.1. The summed E-state index contributed by atoms with van der Waals surface area (Å²) in [5, 5.41) is 0. The number of halogens is 1. The van der Waals surface area contributed by atoms with Gasteiger partial charge in [-0.1, -0.05) is 24.3 Å². The van der Waals surface area contributed by atoms with Crippen molar-refractivity contribution < 1.29 is 13.9 Å². The maximum Gasteiger partial charge on any atom is 0.246 e. The Bertz CT molecular complexity index is 768. The summed E-state index contributed by atoms with van der Waals surface area (Å²) in [6.07, 6.45) is 3.16. The lowest BCUT2D eigenvalue weighted by atomic mass is 10.2. The topological polar surface area (TPSA) is 32.8 Å². The zero-order valence-corrected chi connectivity index (χ0v) is 14.2. The van der Waals surface area contributed by atoms with Crippen molar-refractivity contribution in [2.45, 2.75) is 0 Å². The molecule has 1 fully saturated rings. The van der Waals surface area contributed by atoms with Crippen LogP contribution in [0.1, 0.15) is 5.56 Å². The van der Waals surface area contributed by atoms with Crippen LogP contribution in [0.3, 0.4) is 0 Å². The molecule has 0 spiro atoms. The van der Waals surface area contributed by atoms with E-state index in [1.54, 1.807) is 25.3 Å². The van der Waals surface area contributed by atoms with Gasteiger partial charge in [0.1, 0.15) is 11.6 Å². The second-order valence-corrected chi connectivity index (χ2v) is 5.87. The van der Waals surface area contributed by atoms with E-state index in [9.17, 15) is 9.18 Å². The highest BCUT2D eigenvalue weighted by Crippen LogP contribution is 2.28. The SMILES string of the molecule is COc1ccccc1N1CCN(C(=O)/C=C/c2cccc(F)c2)CC1. The van der Waals surface area contributed by atoms with Crippen molar-refractivity contribution in [3.05, 3.63) is 66.0 Å². The molecule has 25 heavy (non-hydrogen) atoms. The molecule has 0 aromatic heterocycles. The van der Waals surface area contributed by atoms with Crippen molar-refractivity contribution in [1.82, 2.24) is 4.90 Å². The van der Waals surface area contributed by atoms with Gasteiger partial charge in [0, 0.05) is 32.3 Å². The molecular formula is C20H21FN2O2. The lowest BCUT2D eigenvalue weighted by Gasteiger charge is -2.36. The number of para-hydroxylation sites is 2. The van der Waals surface area contributed by atoms with E-state index in [1.807, 2.05) is 29.2 Å². The van der Waals surface area contributed by atoms with Gasteiger partial charge in [-0.2, -0.15) is 0 Å². The number of carbonyl (C=O) groups is 1. The third-order valence-corrected chi connectivity index (χ3v) is 4.28. The van der Waals surface area contributed by atoms with E-state index in [1.165, 1.54) is 18.2 Å². The lowest BCUT2D eigenvalue weighted by molar-refractivity contribution is -0.126. The van der Waals surface area contributed by atoms with Crippen LogP contribution >= 0.6 is 0 Å². The van der Waals surface area contributed by atoms with Gasteiger partial charge in [0.25, 0.3) is 0 Å². The second kappa shape index (κ2) is 7.83. The Morgan fingerprint density at radius 2 is 1.84 bits per heavy atom. The third-order valence-electron chi connectivity index (χ3n) is 4.28. The average molecular weight is 340 g/mol. The van der Waals surface area contributed by atoms with Crippen LogP contribution in [-0.4, -0.2) is 44.1 Å². The quantitative estimate of drug-likeness (QED) is 0.802. The van der Waals surface area contributed by atoms with Gasteiger partial charge >= 0.3 is 0 Å². The predicted molar refractivity (Wildman–Crippen MR) is 97.2 cm³/mol. The van der Waals surface area contributed by atoms with Gasteiger partial charge in [-0.3, -0.25) is 4.79 Å². The molecular weight excluding hydrogens is 319 g/mol. The van der Waals surface area contributed by atoms with E-state index in [2.05, 4.69) is 4.90 Å². The van der Waals surface area contributed by atoms with E-state index in [0.29, 0.717) is 18.7 Å². The Labute approximate surface area is 147 Å². The molecule has 3 rings (SSSR count). The number of benzene rings is 2. The fourth-order valence-electron chi connectivity index (χ4n) is 2.94. The number of ether oxygens (including phenoxy) is 1. The number of nitrogens with zero attached hydrogens (tertiary/aromatic N) is 2. The molecule has 0 saturated carbocycles. The third kappa shape index (κ3) is 4.18. The molecule has 1 amide bonds. The molecule has 0 aliphatic carbocycles. The molecule has 4 nitrogen and oxygen atoms in total. The Morgan fingerprint density at radius 1 is 1.08 bits per heavy atom. The molecule has 0 radical (unpaired) electrons. The fourth-order valence-corrected chi connectivity index (χ4v) is 2.94. The first-order chi connectivity index (χ1) is 12.2. The fraction of sp³-hybridized carbons (Fsp3) is 0.250. The molecule has 130 valence electrons. The first kappa shape index (κ1) is 17.0. The van der Waals surface area contributed by atoms with Gasteiger partial charge in [0.15, 0.2) is 0 Å². The van der Waals surface area contributed by atoms with Gasteiger partial charge in [-0.25, -0.2) is 4.39 Å². The predicted octanol–water partition coefficient (Wildman–Crippen LogP) is 3.20. The van der Waals surface area contributed by atoms with E-state index < -0.39 is 0 Å². The van der Waals surface area contributed by atoms with Crippen LogP contribution < -0.4 is 9.64 Å². The summed E-state index contributed by atoms with van der Waals surface area (Å²) in [7, 11) is 1.66. The zero-order chi connectivity index (χ0) is 17.6. The monoisotopic (exact) mass is 340 g/mol. The van der Waals surface area contributed by atoms with E-state index in [-0.39, 0.29) is 11.7 Å². The van der Waals surface area contributed by atoms with Crippen LogP contribution in [0.25, 0.3) is 6.08 Å². The Balaban J connectivity index is 1.59. The lowest BCUT2D eigenvalue weighted by Crippen LogP contribution is -2.48. The maximum atomic E-state index is 13.2. The first-order valence-corrected chi connectivity index (χ1v) is 8.28. The number of carbonyl (C=O) groups excluding carboxylic acids is 1. The van der Waals surface area contributed by atoms with Crippen LogP contribution in [0.2, 0.25) is 0 Å². The highest BCUT2D eigenvalue weighted by Gasteiger charge is 2.21. The van der Waals surface area contributed by atoms with E-state index in [4.69, 9.17) is 4.74 Å². The maximum absolute atomic E-state index is 13.2. The average Bonchev–Trinajstić information content (AvgIpc) is 2.66. The van der Waals surface area contributed by atoms with Gasteiger partial charge < -0.3 is 14.5 Å². The normalized spacial score (nSPS) is 14.8. The molecule has 1 saturated heterocycles. The minimum atomic E-state index is -0.306. The molecule has 0 unspecified atom stereocenters. The number of hydrogen-bond donors (Lipinski definition) is 0. The Kier molecular flexibility index (Phi) is 5.33. The van der Waals surface area contributed by atoms with Gasteiger partial charge in [0.2, 0.25) is 5.91 Å². The van der Waals surface area contributed by atoms with Crippen molar-refractivity contribution in [1.29, 1.82) is 0 Å². The first-order valence-electron chi connectivity index (χ1n) is 8.28. The number of piperazine rings is 1. The van der Waals surface area contributed by atoms with Crippen molar-refractivity contribution in [2.75, 3.05) is 38.2 Å². The standard InChI is InChI=1S/C20H21FN2O2/c1-25-19-8-3-2-7-18(19)22-11-13-23(14-12-22)20(24)10-9-16-5-4-6-17(21)15-16/h2-10,15H,11-14H2,1H3/b10-9+. The summed E-state index contributed by atoms with van der Waals surface area (Å²) in [4.78, 5) is 16.4. The number of methoxy groups -OCH3 is 1. The molecule has 0 bridgehead atoms. The smallest absolute Gasteiger partial charge is 0.246 e. The summed E-state index contributed by atoms with van der Waals surface area (Å²) in [6.45, 7) is 2.79. The van der Waals surface area contributed by atoms with E-state index in [0.717, 1.165) is 24.5 Å². The summed E-state index contributed by atoms with van der Waals surface area (Å²) in [5.74, 6) is 0.484. The minimum Gasteiger partial charge on any atom is -0.495 e. The van der Waals surface area contributed by atoms with Crippen LogP contribution in [0.4, 0.5) is 10.1 Å². The molecule has 2 aromatic carbocycles. The molecule has 0 atom stereocenters. The van der Waals surface area contributed by atoms with Gasteiger partial charge in [0.05, 0.1) is 12.8 Å². The molecule has 0 N–H and O–H groups in total. The van der Waals surface area contributed by atoms with Crippen LogP contribution in [0.15, 0.2) is 54.6 Å². The van der Waals surface area contributed by atoms with Crippen molar-refractivity contribution >= 4 is 17.7 Å². The minimum absolute atomic E-state index is 0.0519. The van der Waals surface area contributed by atoms with Crippen molar-refractivity contribution in [3.8, 4) is 5.75 Å². The van der Waals surface area contributed by atoms with Crippen LogP contribution in [-0.2, 0) is 4.79 Å². The van der Waals surface area contributed by atoms with Gasteiger partial charge in [-0.15, -0.1) is 0 Å². The number of hydrogen-bond acceptors (Lipinski definition) is 3. The summed E-state index contributed by atoms with van der Waals surface area (Å²) >= 11 is 0. The summed E-state index contributed by atoms with van der Waals surface area (Å²) < 4.78 is 18.6. The number of amides is 1. The highest BCUT2D eigenvalue weighted by molar-refractivity contribution is 5.92. The molecule has 5 heteroatoms. The van der Waals surface area contributed by atoms with E-state index >= 15 is 0 Å². The summed E-state index contributed by atoms with van der Waals surface area (Å²) in [6, 6.07) is 14.1.